The van der Waals surface area contributed by atoms with Crippen LogP contribution >= 0.6 is 0 Å². The molecule has 21 heavy (non-hydrogen) atoms. The van der Waals surface area contributed by atoms with Crippen LogP contribution in [0.3, 0.4) is 0 Å². The van der Waals surface area contributed by atoms with E-state index in [1.807, 2.05) is 6.07 Å². The molecule has 1 aliphatic carbocycles. The lowest BCUT2D eigenvalue weighted by atomic mass is 9.63. The van der Waals surface area contributed by atoms with Gasteiger partial charge in [0.2, 0.25) is 5.95 Å². The SMILES string of the molecule is Cn1c(NC2CC(C)(C)CC(C)(C)C2)nc2ccccc21. The van der Waals surface area contributed by atoms with Crippen LogP contribution in [0.2, 0.25) is 0 Å². The van der Waals surface area contributed by atoms with Gasteiger partial charge in [-0.05, 0) is 42.2 Å². The Kier molecular flexibility index (Phi) is 3.27. The summed E-state index contributed by atoms with van der Waals surface area (Å²) in [5, 5.41) is 3.70. The second-order valence-corrected chi connectivity index (χ2v) is 8.24. The van der Waals surface area contributed by atoms with Crippen molar-refractivity contribution < 1.29 is 0 Å². The van der Waals surface area contributed by atoms with Crippen molar-refractivity contribution in [1.82, 2.24) is 9.55 Å². The summed E-state index contributed by atoms with van der Waals surface area (Å²) >= 11 is 0. The molecule has 0 bridgehead atoms. The van der Waals surface area contributed by atoms with E-state index in [0.717, 1.165) is 11.5 Å². The van der Waals surface area contributed by atoms with Gasteiger partial charge in [-0.15, -0.1) is 0 Å². The Morgan fingerprint density at radius 2 is 1.71 bits per heavy atom. The number of benzene rings is 1. The molecule has 1 aliphatic rings. The van der Waals surface area contributed by atoms with Gasteiger partial charge in [0.05, 0.1) is 11.0 Å². The minimum atomic E-state index is 0.393. The summed E-state index contributed by atoms with van der Waals surface area (Å²) in [5.41, 5.74) is 3.04. The molecule has 0 amide bonds. The maximum atomic E-state index is 4.75. The molecule has 0 atom stereocenters. The van der Waals surface area contributed by atoms with Gasteiger partial charge < -0.3 is 9.88 Å². The lowest BCUT2D eigenvalue weighted by Gasteiger charge is -2.45. The smallest absolute Gasteiger partial charge is 0.203 e. The van der Waals surface area contributed by atoms with Gasteiger partial charge in [0, 0.05) is 13.1 Å². The molecule has 1 N–H and O–H groups in total. The minimum absolute atomic E-state index is 0.393. The summed E-state index contributed by atoms with van der Waals surface area (Å²) in [4.78, 5) is 4.75. The number of para-hydroxylation sites is 2. The van der Waals surface area contributed by atoms with Crippen molar-refractivity contribution in [2.75, 3.05) is 5.32 Å². The number of aromatic nitrogens is 2. The Morgan fingerprint density at radius 1 is 1.10 bits per heavy atom. The third kappa shape index (κ3) is 2.92. The Hall–Kier alpha value is -1.51. The fourth-order valence-corrected chi connectivity index (χ4v) is 4.41. The van der Waals surface area contributed by atoms with Crippen LogP contribution in [0.5, 0.6) is 0 Å². The molecule has 1 aromatic heterocycles. The van der Waals surface area contributed by atoms with Crippen molar-refractivity contribution in [3.8, 4) is 0 Å². The molecule has 0 saturated heterocycles. The summed E-state index contributed by atoms with van der Waals surface area (Å²) in [6.45, 7) is 9.55. The summed E-state index contributed by atoms with van der Waals surface area (Å²) < 4.78 is 2.17. The molecular weight excluding hydrogens is 258 g/mol. The van der Waals surface area contributed by atoms with Gasteiger partial charge in [-0.3, -0.25) is 0 Å². The van der Waals surface area contributed by atoms with Gasteiger partial charge in [0.25, 0.3) is 0 Å². The van der Waals surface area contributed by atoms with Crippen molar-refractivity contribution in [3.63, 3.8) is 0 Å². The van der Waals surface area contributed by atoms with E-state index in [1.54, 1.807) is 0 Å². The standard InChI is InChI=1S/C18H27N3/c1-17(2)10-13(11-18(3,4)12-17)19-16-20-14-8-6-7-9-15(14)21(16)5/h6-9,13H,10-12H2,1-5H3,(H,19,20). The number of anilines is 1. The molecule has 0 aliphatic heterocycles. The normalized spacial score (nSPS) is 21.6. The average molecular weight is 285 g/mol. The van der Waals surface area contributed by atoms with Crippen molar-refractivity contribution in [1.29, 1.82) is 0 Å². The Bertz CT molecular complexity index is 636. The summed E-state index contributed by atoms with van der Waals surface area (Å²) in [7, 11) is 2.09. The maximum absolute atomic E-state index is 4.75. The molecule has 3 rings (SSSR count). The van der Waals surface area contributed by atoms with E-state index >= 15 is 0 Å². The van der Waals surface area contributed by atoms with Gasteiger partial charge in [-0.1, -0.05) is 39.8 Å². The van der Waals surface area contributed by atoms with E-state index in [9.17, 15) is 0 Å². The van der Waals surface area contributed by atoms with E-state index in [1.165, 1.54) is 24.8 Å². The molecule has 114 valence electrons. The van der Waals surface area contributed by atoms with Gasteiger partial charge >= 0.3 is 0 Å². The Morgan fingerprint density at radius 3 is 2.33 bits per heavy atom. The van der Waals surface area contributed by atoms with E-state index < -0.39 is 0 Å². The predicted molar refractivity (Wildman–Crippen MR) is 89.5 cm³/mol. The topological polar surface area (TPSA) is 29.9 Å². The number of rotatable bonds is 2. The lowest BCUT2D eigenvalue weighted by molar-refractivity contribution is 0.105. The van der Waals surface area contributed by atoms with Crippen LogP contribution in [0.4, 0.5) is 5.95 Å². The second-order valence-electron chi connectivity index (χ2n) is 8.24. The Balaban J connectivity index is 1.86. The number of hydrogen-bond donors (Lipinski definition) is 1. The fourth-order valence-electron chi connectivity index (χ4n) is 4.41. The summed E-state index contributed by atoms with van der Waals surface area (Å²) in [6.07, 6.45) is 3.71. The lowest BCUT2D eigenvalue weighted by Crippen LogP contribution is -2.40. The van der Waals surface area contributed by atoms with Crippen LogP contribution in [0, 0.1) is 10.8 Å². The van der Waals surface area contributed by atoms with Crippen molar-refractivity contribution in [2.24, 2.45) is 17.9 Å². The molecule has 3 nitrogen and oxygen atoms in total. The molecular formula is C18H27N3. The molecule has 2 aromatic rings. The van der Waals surface area contributed by atoms with E-state index in [2.05, 4.69) is 62.8 Å². The third-order valence-electron chi connectivity index (χ3n) is 4.68. The number of nitrogens with zero attached hydrogens (tertiary/aromatic N) is 2. The highest BCUT2D eigenvalue weighted by Gasteiger charge is 2.38. The molecule has 0 spiro atoms. The van der Waals surface area contributed by atoms with Gasteiger partial charge in [0.1, 0.15) is 0 Å². The van der Waals surface area contributed by atoms with Gasteiger partial charge in [-0.25, -0.2) is 4.98 Å². The molecule has 3 heteroatoms. The van der Waals surface area contributed by atoms with E-state index in [0.29, 0.717) is 16.9 Å². The minimum Gasteiger partial charge on any atom is -0.353 e. The highest BCUT2D eigenvalue weighted by atomic mass is 15.2. The van der Waals surface area contributed by atoms with Crippen LogP contribution in [-0.2, 0) is 7.05 Å². The molecule has 1 aromatic carbocycles. The van der Waals surface area contributed by atoms with Crippen LogP contribution in [0.25, 0.3) is 11.0 Å². The summed E-state index contributed by atoms with van der Waals surface area (Å²) in [5.74, 6) is 0.995. The predicted octanol–water partition coefficient (Wildman–Crippen LogP) is 4.59. The number of nitrogens with one attached hydrogen (secondary N) is 1. The number of fused-ring (bicyclic) bond motifs is 1. The van der Waals surface area contributed by atoms with Crippen LogP contribution in [0.15, 0.2) is 24.3 Å². The zero-order chi connectivity index (χ0) is 15.3. The summed E-state index contributed by atoms with van der Waals surface area (Å²) in [6, 6.07) is 8.82. The number of imidazole rings is 1. The first-order valence-electron chi connectivity index (χ1n) is 7.94. The van der Waals surface area contributed by atoms with Crippen molar-refractivity contribution >= 4 is 17.0 Å². The zero-order valence-electron chi connectivity index (χ0n) is 13.9. The first kappa shape index (κ1) is 14.4. The van der Waals surface area contributed by atoms with Crippen molar-refractivity contribution in [3.05, 3.63) is 24.3 Å². The van der Waals surface area contributed by atoms with E-state index in [4.69, 9.17) is 4.98 Å². The third-order valence-corrected chi connectivity index (χ3v) is 4.68. The molecule has 0 radical (unpaired) electrons. The molecule has 0 unspecified atom stereocenters. The van der Waals surface area contributed by atoms with Crippen LogP contribution in [-0.4, -0.2) is 15.6 Å². The monoisotopic (exact) mass is 285 g/mol. The number of aryl methyl sites for hydroxylation is 1. The molecule has 1 fully saturated rings. The Labute approximate surface area is 127 Å². The average Bonchev–Trinajstić information content (AvgIpc) is 2.63. The maximum Gasteiger partial charge on any atom is 0.203 e. The molecule has 1 saturated carbocycles. The largest absolute Gasteiger partial charge is 0.353 e. The number of hydrogen-bond acceptors (Lipinski definition) is 2. The zero-order valence-corrected chi connectivity index (χ0v) is 13.9. The van der Waals surface area contributed by atoms with Gasteiger partial charge in [0.15, 0.2) is 0 Å². The van der Waals surface area contributed by atoms with E-state index in [-0.39, 0.29) is 0 Å². The van der Waals surface area contributed by atoms with Crippen LogP contribution in [0.1, 0.15) is 47.0 Å². The second kappa shape index (κ2) is 4.75. The highest BCUT2D eigenvalue weighted by Crippen LogP contribution is 2.46. The first-order chi connectivity index (χ1) is 9.76. The van der Waals surface area contributed by atoms with Crippen molar-refractivity contribution in [2.45, 2.75) is 53.0 Å². The fraction of sp³-hybridized carbons (Fsp3) is 0.611. The highest BCUT2D eigenvalue weighted by molar-refractivity contribution is 5.78. The molecule has 1 heterocycles. The van der Waals surface area contributed by atoms with Gasteiger partial charge in [-0.2, -0.15) is 0 Å². The first-order valence-corrected chi connectivity index (χ1v) is 7.94. The quantitative estimate of drug-likeness (QED) is 0.874. The van der Waals surface area contributed by atoms with Crippen LogP contribution < -0.4 is 5.32 Å².